The van der Waals surface area contributed by atoms with Crippen LogP contribution in [0, 0.1) is 25.2 Å². The van der Waals surface area contributed by atoms with Crippen LogP contribution in [0.1, 0.15) is 81.5 Å². The topological polar surface area (TPSA) is 123 Å². The fraction of sp³-hybridized carbons (Fsp3) is 0.387. The Hall–Kier alpha value is -3.69. The number of hydrogen-bond acceptors (Lipinski definition) is 7. The third-order valence-corrected chi connectivity index (χ3v) is 8.93. The Balaban J connectivity index is 1.28. The van der Waals surface area contributed by atoms with E-state index in [1.807, 2.05) is 18.2 Å². The summed E-state index contributed by atoms with van der Waals surface area (Å²) >= 11 is 1.42. The SMILES string of the molecule is Cc1ncnc(C)c1C(=O)Nc1ccc([C@@H](CN)NC(=O)c2cc3cc4c(nc3s2)CC[C@@H](C(C)(C)C)C4)cc1. The van der Waals surface area contributed by atoms with Gasteiger partial charge in [-0.1, -0.05) is 32.9 Å². The van der Waals surface area contributed by atoms with Crippen LogP contribution in [-0.2, 0) is 12.8 Å². The molecule has 0 saturated heterocycles. The lowest BCUT2D eigenvalue weighted by Crippen LogP contribution is -2.33. The number of anilines is 1. The van der Waals surface area contributed by atoms with E-state index in [4.69, 9.17) is 10.7 Å². The molecule has 0 radical (unpaired) electrons. The maximum atomic E-state index is 13.2. The molecule has 208 valence electrons. The van der Waals surface area contributed by atoms with Crippen molar-refractivity contribution < 1.29 is 9.59 Å². The number of benzene rings is 1. The summed E-state index contributed by atoms with van der Waals surface area (Å²) in [5, 5.41) is 6.99. The van der Waals surface area contributed by atoms with E-state index in [-0.39, 0.29) is 29.8 Å². The van der Waals surface area contributed by atoms with E-state index in [1.165, 1.54) is 28.9 Å². The van der Waals surface area contributed by atoms with Crippen molar-refractivity contribution in [3.63, 3.8) is 0 Å². The summed E-state index contributed by atoms with van der Waals surface area (Å²) in [5.41, 5.74) is 12.0. The first-order valence-electron chi connectivity index (χ1n) is 13.7. The maximum Gasteiger partial charge on any atom is 0.261 e. The zero-order valence-corrected chi connectivity index (χ0v) is 24.5. The number of rotatable bonds is 6. The number of hydrogen-bond donors (Lipinski definition) is 3. The summed E-state index contributed by atoms with van der Waals surface area (Å²) in [6, 6.07) is 11.1. The lowest BCUT2D eigenvalue weighted by molar-refractivity contribution is 0.0941. The number of amides is 2. The average Bonchev–Trinajstić information content (AvgIpc) is 3.33. The van der Waals surface area contributed by atoms with Crippen LogP contribution in [-0.4, -0.2) is 33.3 Å². The van der Waals surface area contributed by atoms with Gasteiger partial charge in [-0.05, 0) is 79.8 Å². The summed E-state index contributed by atoms with van der Waals surface area (Å²) in [7, 11) is 0. The van der Waals surface area contributed by atoms with Gasteiger partial charge in [0, 0.05) is 23.3 Å². The molecule has 1 aromatic carbocycles. The van der Waals surface area contributed by atoms with Crippen LogP contribution in [0.15, 0.2) is 42.7 Å². The number of aromatic nitrogens is 3. The number of nitrogens with zero attached hydrogens (tertiary/aromatic N) is 3. The summed E-state index contributed by atoms with van der Waals surface area (Å²) < 4.78 is 0. The molecule has 0 unspecified atom stereocenters. The van der Waals surface area contributed by atoms with E-state index in [2.05, 4.69) is 47.4 Å². The van der Waals surface area contributed by atoms with Crippen LogP contribution < -0.4 is 16.4 Å². The normalized spacial score (nSPS) is 15.9. The van der Waals surface area contributed by atoms with Crippen molar-refractivity contribution in [2.75, 3.05) is 11.9 Å². The van der Waals surface area contributed by atoms with Gasteiger partial charge < -0.3 is 16.4 Å². The summed E-state index contributed by atoms with van der Waals surface area (Å²) in [4.78, 5) is 40.7. The molecule has 4 aromatic rings. The molecule has 8 nitrogen and oxygen atoms in total. The Morgan fingerprint density at radius 3 is 2.42 bits per heavy atom. The molecule has 2 atom stereocenters. The van der Waals surface area contributed by atoms with Gasteiger partial charge in [0.1, 0.15) is 11.2 Å². The molecule has 5 rings (SSSR count). The number of nitrogens with one attached hydrogen (secondary N) is 2. The molecule has 3 heterocycles. The first-order chi connectivity index (χ1) is 19.0. The molecule has 9 heteroatoms. The van der Waals surface area contributed by atoms with Crippen molar-refractivity contribution in [1.29, 1.82) is 0 Å². The molecule has 4 N–H and O–H groups in total. The highest BCUT2D eigenvalue weighted by Crippen LogP contribution is 2.38. The monoisotopic (exact) mass is 556 g/mol. The quantitative estimate of drug-likeness (QED) is 0.287. The predicted octanol–water partition coefficient (Wildman–Crippen LogP) is 5.54. The van der Waals surface area contributed by atoms with E-state index in [0.717, 1.165) is 35.0 Å². The van der Waals surface area contributed by atoms with E-state index in [1.54, 1.807) is 26.0 Å². The predicted molar refractivity (Wildman–Crippen MR) is 160 cm³/mol. The zero-order valence-electron chi connectivity index (χ0n) is 23.7. The van der Waals surface area contributed by atoms with Gasteiger partial charge in [-0.3, -0.25) is 9.59 Å². The summed E-state index contributed by atoms with van der Waals surface area (Å²) in [6.07, 6.45) is 4.61. The van der Waals surface area contributed by atoms with Crippen molar-refractivity contribution in [2.24, 2.45) is 17.1 Å². The van der Waals surface area contributed by atoms with Crippen molar-refractivity contribution in [2.45, 2.75) is 59.9 Å². The van der Waals surface area contributed by atoms with Crippen molar-refractivity contribution in [1.82, 2.24) is 20.3 Å². The maximum absolute atomic E-state index is 13.2. The van der Waals surface area contributed by atoms with Gasteiger partial charge in [0.05, 0.1) is 27.9 Å². The number of carbonyl (C=O) groups is 2. The number of fused-ring (bicyclic) bond motifs is 2. The van der Waals surface area contributed by atoms with Gasteiger partial charge in [-0.25, -0.2) is 15.0 Å². The van der Waals surface area contributed by atoms with Gasteiger partial charge in [0.2, 0.25) is 0 Å². The average molecular weight is 557 g/mol. The van der Waals surface area contributed by atoms with Gasteiger partial charge in [-0.15, -0.1) is 11.3 Å². The van der Waals surface area contributed by atoms with E-state index < -0.39 is 0 Å². The molecule has 0 aliphatic heterocycles. The summed E-state index contributed by atoms with van der Waals surface area (Å²) in [6.45, 7) is 10.7. The standard InChI is InChI=1S/C31H36N6O2S/c1-17-27(18(2)34-16-33-17)29(39)35-23-9-6-19(7-10-23)25(15-32)36-28(38)26-14-21-12-20-13-22(31(3,4)5)8-11-24(20)37-30(21)40-26/h6-7,9-10,12,14,16,22,25H,8,11,13,15,32H2,1-5H3,(H,35,39)(H,36,38)/t22-,25-/m1/s1. The molecular formula is C31H36N6O2S. The fourth-order valence-corrected chi connectivity index (χ4v) is 6.33. The molecular weight excluding hydrogens is 520 g/mol. The van der Waals surface area contributed by atoms with Gasteiger partial charge in [0.25, 0.3) is 11.8 Å². The molecule has 1 aliphatic carbocycles. The van der Waals surface area contributed by atoms with Crippen LogP contribution in [0.25, 0.3) is 10.2 Å². The first kappa shape index (κ1) is 27.9. The minimum absolute atomic E-state index is 0.170. The number of nitrogens with two attached hydrogens (primary N) is 1. The molecule has 2 amide bonds. The number of aryl methyl sites for hydroxylation is 3. The summed E-state index contributed by atoms with van der Waals surface area (Å²) in [5.74, 6) is 0.198. The number of carbonyl (C=O) groups excluding carboxylic acids is 2. The van der Waals surface area contributed by atoms with Crippen molar-refractivity contribution >= 4 is 39.1 Å². The zero-order chi connectivity index (χ0) is 28.6. The Bertz CT molecular complexity index is 1550. The van der Waals surface area contributed by atoms with E-state index in [0.29, 0.717) is 33.4 Å². The van der Waals surface area contributed by atoms with Crippen LogP contribution in [0.5, 0.6) is 0 Å². The highest BCUT2D eigenvalue weighted by Gasteiger charge is 2.30. The molecule has 0 spiro atoms. The van der Waals surface area contributed by atoms with Gasteiger partial charge >= 0.3 is 0 Å². The largest absolute Gasteiger partial charge is 0.343 e. The van der Waals surface area contributed by atoms with Gasteiger partial charge in [0.15, 0.2) is 0 Å². The second kappa shape index (κ2) is 11.1. The minimum Gasteiger partial charge on any atom is -0.343 e. The molecule has 0 bridgehead atoms. The molecule has 0 saturated carbocycles. The Morgan fingerprint density at radius 1 is 1.07 bits per heavy atom. The highest BCUT2D eigenvalue weighted by molar-refractivity contribution is 7.20. The van der Waals surface area contributed by atoms with Crippen LogP contribution >= 0.6 is 11.3 Å². The van der Waals surface area contributed by atoms with Crippen molar-refractivity contribution in [3.05, 3.63) is 81.4 Å². The van der Waals surface area contributed by atoms with Crippen LogP contribution in [0.2, 0.25) is 0 Å². The first-order valence-corrected chi connectivity index (χ1v) is 14.5. The van der Waals surface area contributed by atoms with Crippen LogP contribution in [0.4, 0.5) is 5.69 Å². The van der Waals surface area contributed by atoms with E-state index >= 15 is 0 Å². The van der Waals surface area contributed by atoms with E-state index in [9.17, 15) is 9.59 Å². The Morgan fingerprint density at radius 2 is 1.77 bits per heavy atom. The third-order valence-electron chi connectivity index (χ3n) is 7.89. The number of thiophene rings is 1. The molecule has 0 fully saturated rings. The minimum atomic E-state index is -0.372. The third kappa shape index (κ3) is 5.76. The fourth-order valence-electron chi connectivity index (χ4n) is 5.40. The smallest absolute Gasteiger partial charge is 0.261 e. The second-order valence-corrected chi connectivity index (χ2v) is 12.7. The number of pyridine rings is 1. The molecule has 3 aromatic heterocycles. The lowest BCUT2D eigenvalue weighted by atomic mass is 9.71. The Labute approximate surface area is 238 Å². The molecule has 1 aliphatic rings. The molecule has 40 heavy (non-hydrogen) atoms. The van der Waals surface area contributed by atoms with Crippen LogP contribution in [0.3, 0.4) is 0 Å². The second-order valence-electron chi connectivity index (χ2n) is 11.7. The highest BCUT2D eigenvalue weighted by atomic mass is 32.1. The lowest BCUT2D eigenvalue weighted by Gasteiger charge is -2.34. The van der Waals surface area contributed by atoms with Crippen molar-refractivity contribution in [3.8, 4) is 0 Å². The Kier molecular flexibility index (Phi) is 7.70. The van der Waals surface area contributed by atoms with Gasteiger partial charge in [-0.2, -0.15) is 0 Å².